The third-order valence-electron chi connectivity index (χ3n) is 5.09. The van der Waals surface area contributed by atoms with Gasteiger partial charge in [0.05, 0.1) is 30.1 Å². The number of nitrogens with zero attached hydrogens (tertiary/aromatic N) is 2. The predicted octanol–water partition coefficient (Wildman–Crippen LogP) is 1.43. The standard InChI is InChI=1S/C18H25N3O3/c1-17(2)12-18(14(24-17)10-15(19)22)6-4-8-21(18)16(23)9-13-5-3-7-20-11-13/h3,5,7,11,14H,4,6,8-10,12H2,1-2H3,(H2,19,22)/t14-,18+/m0/s1. The van der Waals surface area contributed by atoms with Crippen LogP contribution in [0.15, 0.2) is 24.5 Å². The maximum atomic E-state index is 12.9. The van der Waals surface area contributed by atoms with Gasteiger partial charge in [-0.05, 0) is 38.3 Å². The number of rotatable bonds is 4. The van der Waals surface area contributed by atoms with Crippen molar-refractivity contribution in [1.29, 1.82) is 0 Å². The van der Waals surface area contributed by atoms with Crippen LogP contribution in [0.3, 0.4) is 0 Å². The van der Waals surface area contributed by atoms with Crippen LogP contribution in [-0.4, -0.2) is 45.5 Å². The van der Waals surface area contributed by atoms with Crippen LogP contribution in [0, 0.1) is 0 Å². The second kappa shape index (κ2) is 6.16. The molecule has 6 nitrogen and oxygen atoms in total. The van der Waals surface area contributed by atoms with Crippen molar-refractivity contribution < 1.29 is 14.3 Å². The molecule has 2 aliphatic rings. The lowest BCUT2D eigenvalue weighted by atomic mass is 9.82. The molecule has 2 saturated heterocycles. The van der Waals surface area contributed by atoms with E-state index in [4.69, 9.17) is 10.5 Å². The smallest absolute Gasteiger partial charge is 0.227 e. The van der Waals surface area contributed by atoms with Crippen LogP contribution in [0.1, 0.15) is 45.1 Å². The molecule has 1 aromatic rings. The quantitative estimate of drug-likeness (QED) is 0.904. The molecular weight excluding hydrogens is 306 g/mol. The highest BCUT2D eigenvalue weighted by Crippen LogP contribution is 2.48. The summed E-state index contributed by atoms with van der Waals surface area (Å²) in [4.78, 5) is 30.5. The highest BCUT2D eigenvalue weighted by atomic mass is 16.5. The first-order valence-corrected chi connectivity index (χ1v) is 8.48. The van der Waals surface area contributed by atoms with Gasteiger partial charge in [0, 0.05) is 25.4 Å². The number of carbonyl (C=O) groups is 2. The van der Waals surface area contributed by atoms with Gasteiger partial charge in [-0.15, -0.1) is 0 Å². The van der Waals surface area contributed by atoms with Crippen molar-refractivity contribution in [2.45, 2.75) is 63.2 Å². The van der Waals surface area contributed by atoms with Gasteiger partial charge in [0.2, 0.25) is 11.8 Å². The van der Waals surface area contributed by atoms with E-state index in [9.17, 15) is 9.59 Å². The molecule has 2 N–H and O–H groups in total. The van der Waals surface area contributed by atoms with Gasteiger partial charge in [0.1, 0.15) is 0 Å². The third kappa shape index (κ3) is 3.15. The molecule has 2 aliphatic heterocycles. The van der Waals surface area contributed by atoms with Crippen LogP contribution in [0.5, 0.6) is 0 Å². The molecule has 0 aromatic carbocycles. The van der Waals surface area contributed by atoms with E-state index < -0.39 is 5.54 Å². The molecule has 6 heteroatoms. The fraction of sp³-hybridized carbons (Fsp3) is 0.611. The molecule has 2 atom stereocenters. The van der Waals surface area contributed by atoms with Gasteiger partial charge in [-0.25, -0.2) is 0 Å². The second-order valence-corrected chi connectivity index (χ2v) is 7.50. The average molecular weight is 331 g/mol. The molecule has 130 valence electrons. The Labute approximate surface area is 142 Å². The molecular formula is C18H25N3O3. The summed E-state index contributed by atoms with van der Waals surface area (Å²) < 4.78 is 6.12. The Kier molecular flexibility index (Phi) is 4.34. The number of amides is 2. The predicted molar refractivity (Wildman–Crippen MR) is 89.0 cm³/mol. The fourth-order valence-corrected chi connectivity index (χ4v) is 4.37. The van der Waals surface area contributed by atoms with Crippen molar-refractivity contribution in [3.8, 4) is 0 Å². The Hall–Kier alpha value is -1.95. The first kappa shape index (κ1) is 16.9. The topological polar surface area (TPSA) is 85.5 Å². The monoisotopic (exact) mass is 331 g/mol. The summed E-state index contributed by atoms with van der Waals surface area (Å²) in [5.41, 5.74) is 5.54. The number of primary amides is 1. The molecule has 3 rings (SSSR count). The lowest BCUT2D eigenvalue weighted by Gasteiger charge is -2.38. The number of hydrogen-bond donors (Lipinski definition) is 1. The minimum absolute atomic E-state index is 0.0660. The molecule has 3 heterocycles. The zero-order valence-electron chi connectivity index (χ0n) is 14.3. The molecule has 2 amide bonds. The summed E-state index contributed by atoms with van der Waals surface area (Å²) in [6, 6.07) is 3.74. The van der Waals surface area contributed by atoms with Gasteiger partial charge in [-0.1, -0.05) is 6.07 Å². The summed E-state index contributed by atoms with van der Waals surface area (Å²) in [6.07, 6.45) is 6.07. The Morgan fingerprint density at radius 1 is 1.46 bits per heavy atom. The first-order valence-electron chi connectivity index (χ1n) is 8.48. The van der Waals surface area contributed by atoms with Crippen LogP contribution in [-0.2, 0) is 20.7 Å². The highest BCUT2D eigenvalue weighted by molar-refractivity contribution is 5.80. The van der Waals surface area contributed by atoms with E-state index in [0.717, 1.165) is 24.8 Å². The van der Waals surface area contributed by atoms with Gasteiger partial charge >= 0.3 is 0 Å². The fourth-order valence-electron chi connectivity index (χ4n) is 4.37. The van der Waals surface area contributed by atoms with E-state index in [1.165, 1.54) is 0 Å². The molecule has 0 radical (unpaired) electrons. The van der Waals surface area contributed by atoms with Crippen molar-refractivity contribution >= 4 is 11.8 Å². The first-order chi connectivity index (χ1) is 11.3. The van der Waals surface area contributed by atoms with Crippen molar-refractivity contribution in [1.82, 2.24) is 9.88 Å². The molecule has 1 spiro atoms. The Morgan fingerprint density at radius 2 is 2.25 bits per heavy atom. The summed E-state index contributed by atoms with van der Waals surface area (Å²) >= 11 is 0. The van der Waals surface area contributed by atoms with Crippen LogP contribution in [0.2, 0.25) is 0 Å². The second-order valence-electron chi connectivity index (χ2n) is 7.50. The maximum Gasteiger partial charge on any atom is 0.227 e. The minimum Gasteiger partial charge on any atom is -0.370 e. The number of ether oxygens (including phenoxy) is 1. The number of aromatic nitrogens is 1. The molecule has 0 unspecified atom stereocenters. The van der Waals surface area contributed by atoms with Crippen LogP contribution >= 0.6 is 0 Å². The zero-order valence-corrected chi connectivity index (χ0v) is 14.3. The average Bonchev–Trinajstić information content (AvgIpc) is 3.01. The summed E-state index contributed by atoms with van der Waals surface area (Å²) in [5, 5.41) is 0. The van der Waals surface area contributed by atoms with E-state index >= 15 is 0 Å². The summed E-state index contributed by atoms with van der Waals surface area (Å²) in [5.74, 6) is -0.320. The summed E-state index contributed by atoms with van der Waals surface area (Å²) in [7, 11) is 0. The maximum absolute atomic E-state index is 12.9. The van der Waals surface area contributed by atoms with E-state index in [0.29, 0.717) is 13.0 Å². The highest BCUT2D eigenvalue weighted by Gasteiger charge is 2.58. The zero-order chi connectivity index (χ0) is 17.4. The number of carbonyl (C=O) groups excluding carboxylic acids is 2. The van der Waals surface area contributed by atoms with Crippen LogP contribution in [0.25, 0.3) is 0 Å². The Bertz CT molecular complexity index is 632. The normalized spacial score (nSPS) is 28.4. The number of nitrogens with two attached hydrogens (primary N) is 1. The summed E-state index contributed by atoms with van der Waals surface area (Å²) in [6.45, 7) is 4.73. The molecule has 1 aromatic heterocycles. The molecule has 0 saturated carbocycles. The number of hydrogen-bond acceptors (Lipinski definition) is 4. The lowest BCUT2D eigenvalue weighted by Crippen LogP contribution is -2.54. The van der Waals surface area contributed by atoms with Gasteiger partial charge in [0.15, 0.2) is 0 Å². The number of likely N-dealkylation sites (tertiary alicyclic amines) is 1. The van der Waals surface area contributed by atoms with E-state index in [2.05, 4.69) is 4.98 Å². The molecule has 2 fully saturated rings. The van der Waals surface area contributed by atoms with Gasteiger partial charge in [0.25, 0.3) is 0 Å². The molecule has 0 aliphatic carbocycles. The van der Waals surface area contributed by atoms with E-state index in [-0.39, 0.29) is 29.9 Å². The van der Waals surface area contributed by atoms with Crippen molar-refractivity contribution in [2.24, 2.45) is 5.73 Å². The van der Waals surface area contributed by atoms with Crippen LogP contribution < -0.4 is 5.73 Å². The molecule has 0 bridgehead atoms. The number of pyridine rings is 1. The molecule has 24 heavy (non-hydrogen) atoms. The van der Waals surface area contributed by atoms with Crippen molar-refractivity contribution in [3.63, 3.8) is 0 Å². The van der Waals surface area contributed by atoms with E-state index in [1.807, 2.05) is 30.9 Å². The van der Waals surface area contributed by atoms with Crippen LogP contribution in [0.4, 0.5) is 0 Å². The van der Waals surface area contributed by atoms with Gasteiger partial charge in [-0.2, -0.15) is 0 Å². The lowest BCUT2D eigenvalue weighted by molar-refractivity contribution is -0.139. The Balaban J connectivity index is 1.84. The van der Waals surface area contributed by atoms with Gasteiger partial charge in [-0.3, -0.25) is 14.6 Å². The largest absolute Gasteiger partial charge is 0.370 e. The Morgan fingerprint density at radius 3 is 2.92 bits per heavy atom. The van der Waals surface area contributed by atoms with Gasteiger partial charge < -0.3 is 15.4 Å². The van der Waals surface area contributed by atoms with Crippen molar-refractivity contribution in [3.05, 3.63) is 30.1 Å². The minimum atomic E-state index is -0.419. The SMILES string of the molecule is CC1(C)C[C@]2(CCCN2C(=O)Cc2cccnc2)[C@H](CC(N)=O)O1. The van der Waals surface area contributed by atoms with E-state index in [1.54, 1.807) is 12.4 Å². The van der Waals surface area contributed by atoms with Crippen molar-refractivity contribution in [2.75, 3.05) is 6.54 Å². The third-order valence-corrected chi connectivity index (χ3v) is 5.09.